The third kappa shape index (κ3) is 6.48. The zero-order valence-corrected chi connectivity index (χ0v) is 23.5. The zero-order chi connectivity index (χ0) is 28.6. The van der Waals surface area contributed by atoms with Crippen LogP contribution in [0.4, 0.5) is 13.2 Å². The van der Waals surface area contributed by atoms with Gasteiger partial charge in [-0.25, -0.2) is 4.98 Å². The number of nitrogens with zero attached hydrogens (tertiary/aromatic N) is 1. The Morgan fingerprint density at radius 3 is 2.47 bits per heavy atom. The van der Waals surface area contributed by atoms with Gasteiger partial charge in [0.2, 0.25) is 0 Å². The number of carbonyl (C=O) groups excluding carboxylic acids is 2. The fourth-order valence-corrected chi connectivity index (χ4v) is 5.81. The van der Waals surface area contributed by atoms with Crippen LogP contribution in [0.5, 0.6) is 0 Å². The number of hydrogen-bond donors (Lipinski definition) is 2. The van der Waals surface area contributed by atoms with Crippen LogP contribution in [0.25, 0.3) is 6.08 Å². The van der Waals surface area contributed by atoms with E-state index in [2.05, 4.69) is 4.98 Å². The molecule has 3 heterocycles. The molecule has 3 rings (SSSR count). The van der Waals surface area contributed by atoms with Crippen molar-refractivity contribution in [3.8, 4) is 0 Å². The largest absolute Gasteiger partial charge is 0.458 e. The van der Waals surface area contributed by atoms with E-state index in [0.29, 0.717) is 11.3 Å². The Balaban J connectivity index is 1.94. The van der Waals surface area contributed by atoms with Crippen molar-refractivity contribution >= 4 is 29.2 Å². The highest BCUT2D eigenvalue weighted by molar-refractivity contribution is 7.09. The molecule has 2 N–H and O–H groups in total. The van der Waals surface area contributed by atoms with Crippen molar-refractivity contribution in [2.75, 3.05) is 0 Å². The van der Waals surface area contributed by atoms with Crippen molar-refractivity contribution in [3.05, 3.63) is 21.7 Å². The number of ether oxygens (including phenoxy) is 2. The minimum Gasteiger partial charge on any atom is -0.458 e. The molecule has 0 saturated carbocycles. The van der Waals surface area contributed by atoms with Crippen molar-refractivity contribution in [1.82, 2.24) is 4.98 Å². The van der Waals surface area contributed by atoms with Gasteiger partial charge in [0.25, 0.3) is 0 Å². The molecule has 11 heteroatoms. The minimum absolute atomic E-state index is 0.124. The highest BCUT2D eigenvalue weighted by Crippen LogP contribution is 2.55. The molecule has 7 nitrogen and oxygen atoms in total. The first-order valence-corrected chi connectivity index (χ1v) is 13.8. The Morgan fingerprint density at radius 1 is 1.24 bits per heavy atom. The average Bonchev–Trinajstić information content (AvgIpc) is 3.38. The van der Waals surface area contributed by atoms with Gasteiger partial charge in [-0.3, -0.25) is 9.59 Å². The van der Waals surface area contributed by atoms with Crippen LogP contribution in [-0.4, -0.2) is 63.1 Å². The van der Waals surface area contributed by atoms with Gasteiger partial charge >= 0.3 is 12.1 Å². The summed E-state index contributed by atoms with van der Waals surface area (Å²) in [6.45, 7) is 9.71. The van der Waals surface area contributed by atoms with Gasteiger partial charge in [0.05, 0.1) is 34.7 Å². The second-order valence-electron chi connectivity index (χ2n) is 11.3. The van der Waals surface area contributed by atoms with Crippen molar-refractivity contribution in [2.24, 2.45) is 17.3 Å². The second-order valence-corrected chi connectivity index (χ2v) is 12.4. The van der Waals surface area contributed by atoms with Crippen LogP contribution in [0, 0.1) is 24.2 Å². The number of hydrogen-bond acceptors (Lipinski definition) is 8. The monoisotopic (exact) mass is 561 g/mol. The molecule has 0 spiro atoms. The maximum absolute atomic E-state index is 14.2. The highest BCUT2D eigenvalue weighted by atomic mass is 32.1. The molecule has 1 aromatic rings. The summed E-state index contributed by atoms with van der Waals surface area (Å²) in [4.78, 5) is 30.4. The Bertz CT molecular complexity index is 1050. The van der Waals surface area contributed by atoms with E-state index in [4.69, 9.17) is 9.47 Å². The van der Waals surface area contributed by atoms with Gasteiger partial charge in [-0.05, 0) is 50.7 Å². The predicted octanol–water partition coefficient (Wildman–Crippen LogP) is 5.02. The summed E-state index contributed by atoms with van der Waals surface area (Å²) in [5.74, 6) is -2.63. The lowest BCUT2D eigenvalue weighted by atomic mass is 9.73. The summed E-state index contributed by atoms with van der Waals surface area (Å²) < 4.78 is 53.4. The summed E-state index contributed by atoms with van der Waals surface area (Å²) in [6.07, 6.45) is -8.44. The smallest absolute Gasteiger partial charge is 0.420 e. The van der Waals surface area contributed by atoms with Gasteiger partial charge in [-0.2, -0.15) is 13.2 Å². The quantitative estimate of drug-likeness (QED) is 0.386. The van der Waals surface area contributed by atoms with Crippen LogP contribution in [0.1, 0.15) is 77.4 Å². The van der Waals surface area contributed by atoms with E-state index in [1.54, 1.807) is 25.3 Å². The molecule has 0 aliphatic carbocycles. The number of thiazole rings is 1. The number of carbonyl (C=O) groups is 2. The summed E-state index contributed by atoms with van der Waals surface area (Å²) in [5.41, 5.74) is -2.63. The lowest BCUT2D eigenvalue weighted by Crippen LogP contribution is -2.46. The predicted molar refractivity (Wildman–Crippen MR) is 136 cm³/mol. The molecule has 2 saturated heterocycles. The lowest BCUT2D eigenvalue weighted by Gasteiger charge is -2.34. The molecule has 7 atom stereocenters. The molecule has 0 bridgehead atoms. The molecule has 38 heavy (non-hydrogen) atoms. The molecule has 2 fully saturated rings. The third-order valence-electron chi connectivity index (χ3n) is 8.06. The fraction of sp³-hybridized carbons (Fsp3) is 0.741. The molecule has 0 radical (unpaired) electrons. The Kier molecular flexibility index (Phi) is 9.17. The SMILES string of the molecule is CC(=Cc1csc(C)n1)[C@@H]1CC2OC2(C(F)(F)F)CCC[C@H](C)[C@H](O)[C@@H](C)C(=O)C(C)(C)[C@@H](O)CC(=O)O1. The molecule has 1 aromatic heterocycles. The van der Waals surface area contributed by atoms with Crippen LogP contribution in [-0.2, 0) is 19.1 Å². The van der Waals surface area contributed by atoms with Crippen molar-refractivity contribution in [3.63, 3.8) is 0 Å². The van der Waals surface area contributed by atoms with E-state index in [-0.39, 0.29) is 25.7 Å². The number of rotatable bonds is 2. The van der Waals surface area contributed by atoms with E-state index < -0.39 is 71.6 Å². The number of Topliss-reactive ketones (excluding diaryl/α,β-unsaturated/α-hetero) is 1. The molecule has 2 aliphatic rings. The molecule has 0 aromatic carbocycles. The van der Waals surface area contributed by atoms with Crippen LogP contribution in [0.3, 0.4) is 0 Å². The van der Waals surface area contributed by atoms with Crippen molar-refractivity contribution in [2.45, 2.75) is 110 Å². The van der Waals surface area contributed by atoms with Crippen molar-refractivity contribution in [1.29, 1.82) is 0 Å². The maximum atomic E-state index is 14.2. The summed E-state index contributed by atoms with van der Waals surface area (Å²) in [6, 6.07) is 0. The molecule has 2 unspecified atom stereocenters. The number of aliphatic hydroxyl groups excluding tert-OH is 2. The Labute approximate surface area is 225 Å². The molecule has 214 valence electrons. The second kappa shape index (κ2) is 11.3. The fourth-order valence-electron chi connectivity index (χ4n) is 5.24. The van der Waals surface area contributed by atoms with Gasteiger partial charge in [0.1, 0.15) is 18.0 Å². The number of halogens is 3. The van der Waals surface area contributed by atoms with Gasteiger partial charge in [-0.1, -0.05) is 27.7 Å². The number of aryl methyl sites for hydroxylation is 1. The van der Waals surface area contributed by atoms with Crippen LogP contribution < -0.4 is 0 Å². The number of aromatic nitrogens is 1. The molecule has 0 amide bonds. The molecule has 2 aliphatic heterocycles. The van der Waals surface area contributed by atoms with Crippen LogP contribution in [0.2, 0.25) is 0 Å². The van der Waals surface area contributed by atoms with E-state index in [0.717, 1.165) is 5.01 Å². The van der Waals surface area contributed by atoms with Gasteiger partial charge in [0.15, 0.2) is 5.60 Å². The number of fused-ring (bicyclic) bond motifs is 1. The van der Waals surface area contributed by atoms with Gasteiger partial charge in [-0.15, -0.1) is 11.3 Å². The summed E-state index contributed by atoms with van der Waals surface area (Å²) in [7, 11) is 0. The number of aliphatic hydroxyl groups is 2. The summed E-state index contributed by atoms with van der Waals surface area (Å²) in [5, 5.41) is 24.2. The first-order valence-electron chi connectivity index (χ1n) is 12.9. The number of esters is 1. The van der Waals surface area contributed by atoms with Gasteiger partial charge < -0.3 is 19.7 Å². The molecular weight excluding hydrogens is 523 g/mol. The van der Waals surface area contributed by atoms with Crippen molar-refractivity contribution < 1.29 is 42.4 Å². The van der Waals surface area contributed by atoms with Crippen LogP contribution >= 0.6 is 11.3 Å². The topological polar surface area (TPSA) is 109 Å². The van der Waals surface area contributed by atoms with Gasteiger partial charge in [0, 0.05) is 17.7 Å². The third-order valence-corrected chi connectivity index (χ3v) is 8.85. The Morgan fingerprint density at radius 2 is 1.89 bits per heavy atom. The standard InChI is InChI=1S/C27H38F3NO6S/c1-14-8-7-9-26(27(28,29)30)21(37-26)11-19(15(2)10-18-13-38-17(4)31-18)36-22(33)12-20(32)25(5,6)24(35)16(3)23(14)34/h10,13-14,16,19-21,23,32,34H,7-9,11-12H2,1-6H3/t14-,16+,19-,20-,21?,23-,26?/m0/s1. The Hall–Kier alpha value is -1.82. The van der Waals surface area contributed by atoms with E-state index in [1.807, 2.05) is 6.92 Å². The van der Waals surface area contributed by atoms with E-state index in [9.17, 15) is 33.0 Å². The number of alkyl halides is 3. The van der Waals surface area contributed by atoms with E-state index in [1.165, 1.54) is 32.1 Å². The number of ketones is 1. The normalized spacial score (nSPS) is 35.9. The maximum Gasteiger partial charge on any atom is 0.420 e. The highest BCUT2D eigenvalue weighted by Gasteiger charge is 2.72. The first-order chi connectivity index (χ1) is 17.5. The number of cyclic esters (lactones) is 1. The minimum atomic E-state index is -4.63. The van der Waals surface area contributed by atoms with E-state index >= 15 is 0 Å². The number of epoxide rings is 1. The zero-order valence-electron chi connectivity index (χ0n) is 22.7. The first kappa shape index (κ1) is 30.7. The average molecular weight is 562 g/mol. The summed E-state index contributed by atoms with van der Waals surface area (Å²) >= 11 is 1.41. The molecular formula is C27H38F3NO6S. The lowest BCUT2D eigenvalue weighted by molar-refractivity contribution is -0.186. The van der Waals surface area contributed by atoms with Crippen LogP contribution in [0.15, 0.2) is 11.0 Å².